The van der Waals surface area contributed by atoms with Crippen molar-refractivity contribution >= 4 is 5.91 Å². The van der Waals surface area contributed by atoms with Crippen LogP contribution in [0.3, 0.4) is 0 Å². The van der Waals surface area contributed by atoms with Gasteiger partial charge in [0.25, 0.3) is 5.91 Å². The molecule has 1 saturated heterocycles. The van der Waals surface area contributed by atoms with Crippen molar-refractivity contribution in [2.45, 2.75) is 20.3 Å². The lowest BCUT2D eigenvalue weighted by Crippen LogP contribution is -2.32. The fraction of sp³-hybridized carbons (Fsp3) is 0.500. The molecule has 6 heteroatoms. The van der Waals surface area contributed by atoms with E-state index in [1.807, 2.05) is 24.3 Å². The minimum atomic E-state index is -0.0524. The van der Waals surface area contributed by atoms with Crippen LogP contribution in [0.4, 0.5) is 0 Å². The van der Waals surface area contributed by atoms with Crippen LogP contribution in [0.2, 0.25) is 0 Å². The molecule has 1 N–H and O–H groups in total. The summed E-state index contributed by atoms with van der Waals surface area (Å²) in [5, 5.41) is 7.21. The molecule has 128 valence electrons. The third-order valence-corrected chi connectivity index (χ3v) is 4.36. The van der Waals surface area contributed by atoms with Gasteiger partial charge in [-0.2, -0.15) is 5.10 Å². The van der Waals surface area contributed by atoms with Crippen LogP contribution in [0.25, 0.3) is 5.69 Å². The summed E-state index contributed by atoms with van der Waals surface area (Å²) in [6.45, 7) is 8.56. The van der Waals surface area contributed by atoms with E-state index in [1.54, 1.807) is 11.0 Å². The third-order valence-electron chi connectivity index (χ3n) is 4.36. The maximum atomic E-state index is 12.6. The van der Waals surface area contributed by atoms with Crippen molar-refractivity contribution in [2.24, 2.45) is 11.8 Å². The molecule has 0 aliphatic carbocycles. The van der Waals surface area contributed by atoms with E-state index in [1.165, 1.54) is 6.33 Å². The van der Waals surface area contributed by atoms with Gasteiger partial charge >= 0.3 is 0 Å². The second kappa shape index (κ2) is 7.57. The maximum absolute atomic E-state index is 12.6. The Balaban J connectivity index is 1.59. The largest absolute Gasteiger partial charge is 0.352 e. The highest BCUT2D eigenvalue weighted by Gasteiger charge is 2.23. The zero-order valence-corrected chi connectivity index (χ0v) is 14.4. The van der Waals surface area contributed by atoms with E-state index < -0.39 is 0 Å². The molecule has 1 atom stereocenters. The summed E-state index contributed by atoms with van der Waals surface area (Å²) in [5.74, 6) is 1.17. The molecule has 3 rings (SSSR count). The van der Waals surface area contributed by atoms with E-state index in [0.717, 1.165) is 38.3 Å². The average Bonchev–Trinajstić information content (AvgIpc) is 3.24. The minimum absolute atomic E-state index is 0.0524. The smallest absolute Gasteiger partial charge is 0.253 e. The van der Waals surface area contributed by atoms with Crippen molar-refractivity contribution in [1.29, 1.82) is 0 Å². The lowest BCUT2D eigenvalue weighted by molar-refractivity contribution is 0.0947. The number of benzene rings is 1. The first kappa shape index (κ1) is 16.6. The van der Waals surface area contributed by atoms with E-state index in [9.17, 15) is 4.79 Å². The fourth-order valence-corrected chi connectivity index (χ4v) is 3.29. The van der Waals surface area contributed by atoms with Crippen LogP contribution in [0.15, 0.2) is 36.9 Å². The monoisotopic (exact) mass is 327 g/mol. The Hall–Kier alpha value is -2.21. The minimum Gasteiger partial charge on any atom is -0.352 e. The van der Waals surface area contributed by atoms with Gasteiger partial charge < -0.3 is 10.2 Å². The highest BCUT2D eigenvalue weighted by molar-refractivity contribution is 5.97. The van der Waals surface area contributed by atoms with Gasteiger partial charge in [0.2, 0.25) is 0 Å². The molecular formula is C18H25N5O. The summed E-state index contributed by atoms with van der Waals surface area (Å²) in [5.41, 5.74) is 1.38. The number of para-hydroxylation sites is 1. The van der Waals surface area contributed by atoms with Crippen LogP contribution in [0.1, 0.15) is 30.6 Å². The Morgan fingerprint density at radius 3 is 2.96 bits per heavy atom. The number of carbonyl (C=O) groups is 1. The van der Waals surface area contributed by atoms with Gasteiger partial charge in [-0.25, -0.2) is 9.67 Å². The quantitative estimate of drug-likeness (QED) is 0.881. The van der Waals surface area contributed by atoms with Gasteiger partial charge in [-0.1, -0.05) is 26.0 Å². The lowest BCUT2D eigenvalue weighted by atomic mass is 10.1. The van der Waals surface area contributed by atoms with Gasteiger partial charge in [0.05, 0.1) is 11.3 Å². The summed E-state index contributed by atoms with van der Waals surface area (Å²) in [7, 11) is 0. The number of amides is 1. The van der Waals surface area contributed by atoms with E-state index >= 15 is 0 Å². The molecule has 1 fully saturated rings. The van der Waals surface area contributed by atoms with Crippen molar-refractivity contribution in [3.05, 3.63) is 42.5 Å². The molecule has 1 amide bonds. The van der Waals surface area contributed by atoms with Gasteiger partial charge in [-0.3, -0.25) is 4.79 Å². The molecule has 2 aromatic rings. The molecule has 1 aliphatic heterocycles. The number of aromatic nitrogens is 3. The summed E-state index contributed by atoms with van der Waals surface area (Å²) in [6.07, 6.45) is 4.22. The number of likely N-dealkylation sites (tertiary alicyclic amines) is 1. The summed E-state index contributed by atoms with van der Waals surface area (Å²) in [6, 6.07) is 7.47. The fourth-order valence-electron chi connectivity index (χ4n) is 3.29. The molecule has 1 aliphatic rings. The molecule has 0 saturated carbocycles. The van der Waals surface area contributed by atoms with Crippen LogP contribution < -0.4 is 5.32 Å². The second-order valence-electron chi connectivity index (χ2n) is 6.88. The zero-order valence-electron chi connectivity index (χ0n) is 14.4. The highest BCUT2D eigenvalue weighted by atomic mass is 16.1. The Morgan fingerprint density at radius 2 is 2.21 bits per heavy atom. The van der Waals surface area contributed by atoms with Crippen molar-refractivity contribution in [3.63, 3.8) is 0 Å². The van der Waals surface area contributed by atoms with Crippen LogP contribution in [0, 0.1) is 11.8 Å². The van der Waals surface area contributed by atoms with Gasteiger partial charge in [0.1, 0.15) is 12.7 Å². The van der Waals surface area contributed by atoms with Crippen molar-refractivity contribution in [1.82, 2.24) is 25.0 Å². The van der Waals surface area contributed by atoms with Crippen LogP contribution in [-0.4, -0.2) is 51.8 Å². The van der Waals surface area contributed by atoms with Gasteiger partial charge in [-0.15, -0.1) is 0 Å². The van der Waals surface area contributed by atoms with E-state index in [0.29, 0.717) is 17.4 Å². The second-order valence-corrected chi connectivity index (χ2v) is 6.88. The molecule has 6 nitrogen and oxygen atoms in total. The Labute approximate surface area is 142 Å². The normalized spacial score (nSPS) is 18.2. The first-order valence-corrected chi connectivity index (χ1v) is 8.58. The molecule has 24 heavy (non-hydrogen) atoms. The Bertz CT molecular complexity index is 668. The maximum Gasteiger partial charge on any atom is 0.253 e. The molecule has 1 aromatic carbocycles. The summed E-state index contributed by atoms with van der Waals surface area (Å²) < 4.78 is 1.62. The van der Waals surface area contributed by atoms with Gasteiger partial charge in [-0.05, 0) is 36.9 Å². The SMILES string of the molecule is CC(C)CN1CC[C@H](CNC(=O)c2ccccc2-n2cncn2)C1. The average molecular weight is 327 g/mol. The molecule has 0 bridgehead atoms. The molecular weight excluding hydrogens is 302 g/mol. The first-order valence-electron chi connectivity index (χ1n) is 8.58. The first-order chi connectivity index (χ1) is 11.6. The van der Waals surface area contributed by atoms with E-state index in [2.05, 4.69) is 34.1 Å². The molecule has 0 radical (unpaired) electrons. The topological polar surface area (TPSA) is 63.1 Å². The van der Waals surface area contributed by atoms with E-state index in [-0.39, 0.29) is 5.91 Å². The van der Waals surface area contributed by atoms with Crippen molar-refractivity contribution < 1.29 is 4.79 Å². The zero-order chi connectivity index (χ0) is 16.9. The van der Waals surface area contributed by atoms with Crippen molar-refractivity contribution in [3.8, 4) is 5.69 Å². The predicted molar refractivity (Wildman–Crippen MR) is 93.1 cm³/mol. The number of nitrogens with one attached hydrogen (secondary N) is 1. The van der Waals surface area contributed by atoms with Crippen LogP contribution in [-0.2, 0) is 0 Å². The molecule has 1 aromatic heterocycles. The molecule has 2 heterocycles. The number of hydrogen-bond donors (Lipinski definition) is 1. The van der Waals surface area contributed by atoms with E-state index in [4.69, 9.17) is 0 Å². The predicted octanol–water partition coefficient (Wildman–Crippen LogP) is 1.97. The van der Waals surface area contributed by atoms with Gasteiger partial charge in [0.15, 0.2) is 0 Å². The standard InChI is InChI=1S/C18H25N5O/c1-14(2)10-22-8-7-15(11-22)9-20-18(24)16-5-3-4-6-17(16)23-13-19-12-21-23/h3-6,12-15H,7-11H2,1-2H3,(H,20,24)/t15-/m1/s1. The lowest BCUT2D eigenvalue weighted by Gasteiger charge is -2.18. The summed E-state index contributed by atoms with van der Waals surface area (Å²) >= 11 is 0. The number of nitrogens with zero attached hydrogens (tertiary/aromatic N) is 4. The van der Waals surface area contributed by atoms with Crippen LogP contribution >= 0.6 is 0 Å². The molecule has 0 spiro atoms. The Morgan fingerprint density at radius 1 is 1.38 bits per heavy atom. The van der Waals surface area contributed by atoms with Gasteiger partial charge in [0, 0.05) is 19.6 Å². The van der Waals surface area contributed by atoms with Crippen LogP contribution in [0.5, 0.6) is 0 Å². The number of carbonyl (C=O) groups excluding carboxylic acids is 1. The number of hydrogen-bond acceptors (Lipinski definition) is 4. The van der Waals surface area contributed by atoms with Crippen molar-refractivity contribution in [2.75, 3.05) is 26.2 Å². The summed E-state index contributed by atoms with van der Waals surface area (Å²) in [4.78, 5) is 19.0. The highest BCUT2D eigenvalue weighted by Crippen LogP contribution is 2.17. The Kier molecular flexibility index (Phi) is 5.25. The third kappa shape index (κ3) is 4.00. The molecule has 0 unspecified atom stereocenters. The number of rotatable bonds is 6.